The van der Waals surface area contributed by atoms with Crippen LogP contribution in [0.2, 0.25) is 0 Å². The Morgan fingerprint density at radius 2 is 1.66 bits per heavy atom. The molecule has 0 saturated heterocycles. The van der Waals surface area contributed by atoms with Gasteiger partial charge in [0.1, 0.15) is 6.26 Å². The Bertz CT molecular complexity index is 1670. The van der Waals surface area contributed by atoms with E-state index in [1.54, 1.807) is 28.8 Å². The quantitative estimate of drug-likeness (QED) is 0.288. The molecule has 0 spiro atoms. The number of nitrogens with one attached hydrogen (secondary N) is 1. The van der Waals surface area contributed by atoms with Gasteiger partial charge in [0, 0.05) is 28.0 Å². The number of rotatable bonds is 7. The molecule has 3 aromatic carbocycles. The maximum absolute atomic E-state index is 13.1. The highest BCUT2D eigenvalue weighted by atomic mass is 32.2. The van der Waals surface area contributed by atoms with E-state index in [2.05, 4.69) is 25.6 Å². The van der Waals surface area contributed by atoms with Gasteiger partial charge in [-0.15, -0.1) is 15.2 Å². The van der Waals surface area contributed by atoms with Crippen LogP contribution < -0.4 is 4.80 Å². The molecule has 1 atom stereocenters. The molecule has 0 bridgehead atoms. The topological polar surface area (TPSA) is 126 Å². The maximum atomic E-state index is 13.1. The van der Waals surface area contributed by atoms with Gasteiger partial charge in [-0.2, -0.15) is 5.21 Å². The number of carbonyl (C=O) groups excluding carboxylic acids is 1. The molecular formula is C28H25N6O3S+. The largest absolute Gasteiger partial charge is 0.476 e. The number of hydrogen-bond acceptors (Lipinski definition) is 5. The van der Waals surface area contributed by atoms with E-state index in [4.69, 9.17) is 0 Å². The lowest BCUT2D eigenvalue weighted by Crippen LogP contribution is -2.21. The number of H-pyrrole nitrogens is 1. The lowest BCUT2D eigenvalue weighted by atomic mass is 9.99. The zero-order valence-corrected chi connectivity index (χ0v) is 21.6. The van der Waals surface area contributed by atoms with Crippen molar-refractivity contribution >= 4 is 22.3 Å². The number of aromatic carboxylic acids is 1. The van der Waals surface area contributed by atoms with E-state index in [1.165, 1.54) is 0 Å². The Balaban J connectivity index is 1.67. The monoisotopic (exact) mass is 525 g/mol. The predicted molar refractivity (Wildman–Crippen MR) is 145 cm³/mol. The summed E-state index contributed by atoms with van der Waals surface area (Å²) in [7, 11) is -0.662. The van der Waals surface area contributed by atoms with Crippen molar-refractivity contribution < 1.29 is 14.7 Å². The summed E-state index contributed by atoms with van der Waals surface area (Å²) in [5.74, 6) is -0.969. The van der Waals surface area contributed by atoms with Crippen LogP contribution in [-0.2, 0) is 12.7 Å². The molecule has 0 aliphatic carbocycles. The Hall–Kier alpha value is -4.70. The van der Waals surface area contributed by atoms with Gasteiger partial charge in [0.05, 0.1) is 5.69 Å². The van der Waals surface area contributed by atoms with Crippen molar-refractivity contribution in [3.63, 3.8) is 0 Å². The molecule has 5 rings (SSSR count). The zero-order valence-electron chi connectivity index (χ0n) is 20.8. The van der Waals surface area contributed by atoms with E-state index in [0.29, 0.717) is 28.3 Å². The summed E-state index contributed by atoms with van der Waals surface area (Å²) >= 11 is 0. The molecule has 2 heterocycles. The molecule has 38 heavy (non-hydrogen) atoms. The molecule has 0 saturated carbocycles. The van der Waals surface area contributed by atoms with Gasteiger partial charge in [-0.25, -0.2) is 9.36 Å². The molecule has 10 heteroatoms. The van der Waals surface area contributed by atoms with E-state index in [0.717, 1.165) is 28.0 Å². The van der Waals surface area contributed by atoms with Gasteiger partial charge >= 0.3 is 10.8 Å². The van der Waals surface area contributed by atoms with Crippen molar-refractivity contribution in [2.45, 2.75) is 19.8 Å². The van der Waals surface area contributed by atoms with Crippen LogP contribution in [-0.4, -0.2) is 42.2 Å². The number of carboxylic acid groups (broad SMARTS) is 1. The minimum atomic E-state index is -1.04. The number of carboxylic acids is 1. The first kappa shape index (κ1) is 25.0. The van der Waals surface area contributed by atoms with E-state index in [1.807, 2.05) is 67.8 Å². The van der Waals surface area contributed by atoms with Gasteiger partial charge in [0.15, 0.2) is 10.6 Å². The second-order valence-corrected chi connectivity index (χ2v) is 10.4. The first-order valence-electron chi connectivity index (χ1n) is 12.0. The highest BCUT2D eigenvalue weighted by Gasteiger charge is 2.31. The third-order valence-electron chi connectivity index (χ3n) is 6.17. The van der Waals surface area contributed by atoms with E-state index in [9.17, 15) is 14.7 Å². The fourth-order valence-electron chi connectivity index (χ4n) is 4.41. The Morgan fingerprint density at radius 3 is 2.29 bits per heavy atom. The molecule has 0 fully saturated rings. The molecule has 9 nitrogen and oxygen atoms in total. The van der Waals surface area contributed by atoms with Crippen LogP contribution >= 0.6 is 10.5 Å². The first-order chi connectivity index (χ1) is 18.5. The zero-order chi connectivity index (χ0) is 26.6. The molecule has 2 N–H and O–H groups in total. The molecular weight excluding hydrogens is 500 g/mol. The van der Waals surface area contributed by atoms with Crippen LogP contribution in [0.3, 0.4) is 0 Å². The molecule has 5 aromatic rings. The molecule has 1 unspecified atom stereocenters. The highest BCUT2D eigenvalue weighted by molar-refractivity contribution is 7.27. The van der Waals surface area contributed by atoms with Crippen molar-refractivity contribution in [1.82, 2.24) is 25.2 Å². The fourth-order valence-corrected chi connectivity index (χ4v) is 6.30. The van der Waals surface area contributed by atoms with Crippen LogP contribution in [0.4, 0.5) is 0 Å². The van der Waals surface area contributed by atoms with Gasteiger partial charge in [-0.1, -0.05) is 61.5 Å². The van der Waals surface area contributed by atoms with Gasteiger partial charge in [0.25, 0.3) is 5.91 Å². The SMILES string of the molecule is CCCc1c(C(=O)O)n(-c2ccc(-c3ccccc3-c3nn[nH]n3)cc2)c(=NC(=O)c2ccccc2)[s+]1C. The lowest BCUT2D eigenvalue weighted by molar-refractivity contribution is 0.0686. The van der Waals surface area contributed by atoms with Crippen molar-refractivity contribution in [3.05, 3.63) is 99.8 Å². The summed E-state index contributed by atoms with van der Waals surface area (Å²) in [5, 5.41) is 24.6. The highest BCUT2D eigenvalue weighted by Crippen LogP contribution is 2.31. The van der Waals surface area contributed by atoms with Gasteiger partial charge in [0.2, 0.25) is 5.82 Å². The molecule has 0 aliphatic rings. The summed E-state index contributed by atoms with van der Waals surface area (Å²) in [4.78, 5) is 31.3. The number of nitrogens with zero attached hydrogens (tertiary/aromatic N) is 5. The van der Waals surface area contributed by atoms with Crippen molar-refractivity contribution in [2.75, 3.05) is 0 Å². The van der Waals surface area contributed by atoms with E-state index < -0.39 is 22.3 Å². The van der Waals surface area contributed by atoms with Crippen molar-refractivity contribution in [3.8, 4) is 28.2 Å². The molecule has 0 radical (unpaired) electrons. The standard InChI is InChI=1S/C28H24N6O3S/c1-3-9-23-24(27(36)37)34(28(38(23)2)29-26(35)19-10-5-4-6-11-19)20-16-14-18(15-17-20)21-12-7-8-13-22(21)25-30-32-33-31-25/h4-8,10-17H,3,9H2,1-2H3,(H-,30,31,32,33,36,37)/p+1. The number of aromatic amines is 1. The average molecular weight is 526 g/mol. The van der Waals surface area contributed by atoms with Gasteiger partial charge < -0.3 is 5.11 Å². The number of thiazole rings is 1. The number of hydrogen-bond donors (Lipinski definition) is 2. The van der Waals surface area contributed by atoms with E-state index >= 15 is 0 Å². The van der Waals surface area contributed by atoms with Crippen molar-refractivity contribution in [2.24, 2.45) is 11.2 Å². The van der Waals surface area contributed by atoms with E-state index in [-0.39, 0.29) is 5.69 Å². The molecule has 1 amide bonds. The maximum Gasteiger partial charge on any atom is 0.358 e. The van der Waals surface area contributed by atoms with Crippen LogP contribution in [0.1, 0.15) is 39.1 Å². The number of amides is 1. The Labute approximate surface area is 221 Å². The van der Waals surface area contributed by atoms with Crippen LogP contribution in [0.5, 0.6) is 0 Å². The fraction of sp³-hybridized carbons (Fsp3) is 0.143. The predicted octanol–water partition coefficient (Wildman–Crippen LogP) is 5.00. The number of tetrazole rings is 1. The van der Waals surface area contributed by atoms with Gasteiger partial charge in [-0.05, 0) is 47.0 Å². The molecule has 190 valence electrons. The normalized spacial score (nSPS) is 12.1. The number of aromatic nitrogens is 5. The average Bonchev–Trinajstić information content (AvgIpc) is 3.57. The summed E-state index contributed by atoms with van der Waals surface area (Å²) < 4.78 is 1.62. The molecule has 0 aliphatic heterocycles. The minimum absolute atomic E-state index is 0.164. The second kappa shape index (κ2) is 10.7. The summed E-state index contributed by atoms with van der Waals surface area (Å²) in [5.41, 5.74) is 3.86. The van der Waals surface area contributed by atoms with Crippen LogP contribution in [0.15, 0.2) is 83.9 Å². The lowest BCUT2D eigenvalue weighted by Gasteiger charge is -2.09. The summed E-state index contributed by atoms with van der Waals surface area (Å²) in [6.45, 7) is 2.01. The van der Waals surface area contributed by atoms with Crippen LogP contribution in [0.25, 0.3) is 28.2 Å². The minimum Gasteiger partial charge on any atom is -0.476 e. The number of benzene rings is 3. The first-order valence-corrected chi connectivity index (χ1v) is 13.7. The molecule has 2 aromatic heterocycles. The third kappa shape index (κ3) is 4.69. The second-order valence-electron chi connectivity index (χ2n) is 8.57. The number of carbonyl (C=O) groups is 2. The Morgan fingerprint density at radius 1 is 0.974 bits per heavy atom. The van der Waals surface area contributed by atoms with Crippen LogP contribution in [0, 0.1) is 0 Å². The summed E-state index contributed by atoms with van der Waals surface area (Å²) in [6.07, 6.45) is 3.32. The third-order valence-corrected chi connectivity index (χ3v) is 8.13. The Kier molecular flexibility index (Phi) is 7.05. The smallest absolute Gasteiger partial charge is 0.358 e. The van der Waals surface area contributed by atoms with Gasteiger partial charge in [-0.3, -0.25) is 4.79 Å². The van der Waals surface area contributed by atoms with Crippen molar-refractivity contribution in [1.29, 1.82) is 0 Å². The summed E-state index contributed by atoms with van der Waals surface area (Å²) in [6, 6.07) is 24.0.